The monoisotopic (exact) mass is 275 g/mol. The van der Waals surface area contributed by atoms with Crippen molar-refractivity contribution in [3.8, 4) is 22.6 Å². The largest absolute Gasteiger partial charge is 0.454 e. The number of benzene rings is 2. The van der Waals surface area contributed by atoms with Crippen LogP contribution in [0.3, 0.4) is 0 Å². The topological polar surface area (TPSA) is 51.1 Å². The van der Waals surface area contributed by atoms with E-state index in [-0.39, 0.29) is 6.79 Å². The first-order valence-corrected chi connectivity index (χ1v) is 6.04. The summed E-state index contributed by atoms with van der Waals surface area (Å²) >= 11 is 6.20. The average Bonchev–Trinajstić information content (AvgIpc) is 2.89. The zero-order valence-electron chi connectivity index (χ0n) is 9.84. The lowest BCUT2D eigenvalue weighted by Crippen LogP contribution is -1.95. The van der Waals surface area contributed by atoms with Gasteiger partial charge in [0, 0.05) is 10.6 Å². The van der Waals surface area contributed by atoms with Crippen molar-refractivity contribution < 1.29 is 14.7 Å². The predicted molar refractivity (Wildman–Crippen MR) is 72.4 cm³/mol. The first-order valence-electron chi connectivity index (χ1n) is 5.66. The molecule has 96 valence electrons. The average molecular weight is 276 g/mol. The maximum atomic E-state index is 8.83. The van der Waals surface area contributed by atoms with Crippen LogP contribution in [0.2, 0.25) is 5.02 Å². The summed E-state index contributed by atoms with van der Waals surface area (Å²) < 4.78 is 10.7. The van der Waals surface area contributed by atoms with E-state index in [1.807, 2.05) is 30.3 Å². The van der Waals surface area contributed by atoms with Gasteiger partial charge in [-0.2, -0.15) is 0 Å². The summed E-state index contributed by atoms with van der Waals surface area (Å²) in [5.74, 6) is 1.20. The summed E-state index contributed by atoms with van der Waals surface area (Å²) in [6.07, 6.45) is 1.33. The maximum absolute atomic E-state index is 8.83. The molecule has 1 aliphatic heterocycles. The van der Waals surface area contributed by atoms with E-state index in [4.69, 9.17) is 26.3 Å². The van der Waals surface area contributed by atoms with Gasteiger partial charge in [0.15, 0.2) is 11.5 Å². The summed E-state index contributed by atoms with van der Waals surface area (Å²) in [5, 5.41) is 12.5. The number of ether oxygens (including phenoxy) is 2. The fourth-order valence-electron chi connectivity index (χ4n) is 2.09. The first-order chi connectivity index (χ1) is 9.31. The van der Waals surface area contributed by atoms with E-state index in [1.165, 1.54) is 6.21 Å². The third-order valence-electron chi connectivity index (χ3n) is 2.93. The number of oxime groups is 1. The molecule has 3 rings (SSSR count). The van der Waals surface area contributed by atoms with Crippen LogP contribution in [0.4, 0.5) is 0 Å². The molecule has 0 radical (unpaired) electrons. The number of fused-ring (bicyclic) bond motifs is 1. The standard InChI is InChI=1S/C14H10ClNO3/c15-12-4-2-1-3-10(12)9-5-6-13-14(19-8-18-13)11(9)7-16-17/h1-7,17H,8H2/b16-7+. The lowest BCUT2D eigenvalue weighted by atomic mass is 9.99. The van der Waals surface area contributed by atoms with Gasteiger partial charge in [0.05, 0.1) is 11.8 Å². The lowest BCUT2D eigenvalue weighted by Gasteiger charge is -2.10. The van der Waals surface area contributed by atoms with E-state index in [0.717, 1.165) is 11.1 Å². The van der Waals surface area contributed by atoms with Crippen molar-refractivity contribution in [2.45, 2.75) is 0 Å². The van der Waals surface area contributed by atoms with Crippen molar-refractivity contribution in [2.24, 2.45) is 5.16 Å². The summed E-state index contributed by atoms with van der Waals surface area (Å²) in [6.45, 7) is 0.160. The highest BCUT2D eigenvalue weighted by Gasteiger charge is 2.21. The van der Waals surface area contributed by atoms with E-state index < -0.39 is 0 Å². The second kappa shape index (κ2) is 4.82. The molecule has 4 nitrogen and oxygen atoms in total. The molecule has 0 aromatic heterocycles. The van der Waals surface area contributed by atoms with Crippen molar-refractivity contribution in [3.63, 3.8) is 0 Å². The van der Waals surface area contributed by atoms with Gasteiger partial charge >= 0.3 is 0 Å². The first kappa shape index (κ1) is 11.9. The van der Waals surface area contributed by atoms with Crippen LogP contribution in [0.5, 0.6) is 11.5 Å². The Labute approximate surface area is 114 Å². The van der Waals surface area contributed by atoms with E-state index >= 15 is 0 Å². The Morgan fingerprint density at radius 1 is 1.11 bits per heavy atom. The highest BCUT2D eigenvalue weighted by atomic mass is 35.5. The van der Waals surface area contributed by atoms with Crippen LogP contribution in [0.1, 0.15) is 5.56 Å². The van der Waals surface area contributed by atoms with Gasteiger partial charge in [-0.05, 0) is 23.8 Å². The smallest absolute Gasteiger partial charge is 0.231 e. The van der Waals surface area contributed by atoms with Gasteiger partial charge in [0.25, 0.3) is 0 Å². The molecule has 1 aliphatic rings. The Balaban J connectivity index is 2.25. The molecule has 0 fully saturated rings. The van der Waals surface area contributed by atoms with Crippen molar-refractivity contribution in [2.75, 3.05) is 6.79 Å². The van der Waals surface area contributed by atoms with E-state index in [2.05, 4.69) is 5.16 Å². The van der Waals surface area contributed by atoms with Crippen molar-refractivity contribution in [1.82, 2.24) is 0 Å². The van der Waals surface area contributed by atoms with Crippen LogP contribution in [0, 0.1) is 0 Å². The predicted octanol–water partition coefficient (Wildman–Crippen LogP) is 3.54. The molecule has 19 heavy (non-hydrogen) atoms. The molecule has 0 spiro atoms. The normalized spacial score (nSPS) is 13.1. The summed E-state index contributed by atoms with van der Waals surface area (Å²) in [5.41, 5.74) is 2.32. The second-order valence-corrected chi connectivity index (χ2v) is 4.39. The van der Waals surface area contributed by atoms with Crippen LogP contribution < -0.4 is 9.47 Å². The highest BCUT2D eigenvalue weighted by molar-refractivity contribution is 6.33. The third kappa shape index (κ3) is 2.00. The SMILES string of the molecule is O/N=C/c1c(-c2ccccc2Cl)ccc2c1OCO2. The second-order valence-electron chi connectivity index (χ2n) is 3.99. The summed E-state index contributed by atoms with van der Waals surface area (Å²) in [4.78, 5) is 0. The molecule has 1 N–H and O–H groups in total. The molecule has 0 atom stereocenters. The molecular formula is C14H10ClNO3. The van der Waals surface area contributed by atoms with Crippen LogP contribution in [-0.4, -0.2) is 18.2 Å². The molecule has 1 heterocycles. The van der Waals surface area contributed by atoms with Gasteiger partial charge in [0.1, 0.15) is 0 Å². The maximum Gasteiger partial charge on any atom is 0.231 e. The molecular weight excluding hydrogens is 266 g/mol. The van der Waals surface area contributed by atoms with Gasteiger partial charge in [-0.3, -0.25) is 0 Å². The Morgan fingerprint density at radius 3 is 2.74 bits per heavy atom. The van der Waals surface area contributed by atoms with Crippen LogP contribution in [0.25, 0.3) is 11.1 Å². The fraction of sp³-hybridized carbons (Fsp3) is 0.0714. The van der Waals surface area contributed by atoms with Crippen LogP contribution in [0.15, 0.2) is 41.6 Å². The lowest BCUT2D eigenvalue weighted by molar-refractivity contribution is 0.174. The minimum absolute atomic E-state index is 0.160. The molecule has 5 heteroatoms. The van der Waals surface area contributed by atoms with E-state index in [9.17, 15) is 0 Å². The highest BCUT2D eigenvalue weighted by Crippen LogP contribution is 2.41. The Morgan fingerprint density at radius 2 is 1.95 bits per heavy atom. The van der Waals surface area contributed by atoms with Crippen molar-refractivity contribution in [1.29, 1.82) is 0 Å². The molecule has 2 aromatic rings. The summed E-state index contributed by atoms with van der Waals surface area (Å²) in [7, 11) is 0. The minimum Gasteiger partial charge on any atom is -0.454 e. The van der Waals surface area contributed by atoms with Crippen molar-refractivity contribution >= 4 is 17.8 Å². The van der Waals surface area contributed by atoms with Crippen molar-refractivity contribution in [3.05, 3.63) is 47.0 Å². The number of halogens is 1. The van der Waals surface area contributed by atoms with Gasteiger partial charge in [0.2, 0.25) is 6.79 Å². The summed E-state index contributed by atoms with van der Waals surface area (Å²) in [6, 6.07) is 11.1. The molecule has 0 amide bonds. The quantitative estimate of drug-likeness (QED) is 0.518. The number of hydrogen-bond donors (Lipinski definition) is 1. The zero-order chi connectivity index (χ0) is 13.2. The third-order valence-corrected chi connectivity index (χ3v) is 3.26. The zero-order valence-corrected chi connectivity index (χ0v) is 10.6. The molecule has 0 unspecified atom stereocenters. The Bertz CT molecular complexity index is 655. The Kier molecular flexibility index (Phi) is 3.01. The Hall–Kier alpha value is -2.20. The van der Waals surface area contributed by atoms with Gasteiger partial charge in [-0.15, -0.1) is 0 Å². The molecule has 2 aromatic carbocycles. The van der Waals surface area contributed by atoms with Gasteiger partial charge in [-0.25, -0.2) is 0 Å². The van der Waals surface area contributed by atoms with Gasteiger partial charge < -0.3 is 14.7 Å². The van der Waals surface area contributed by atoms with Gasteiger partial charge in [-0.1, -0.05) is 35.0 Å². The fourth-order valence-corrected chi connectivity index (χ4v) is 2.33. The molecule has 0 bridgehead atoms. The van der Waals surface area contributed by atoms with E-state index in [1.54, 1.807) is 6.07 Å². The molecule has 0 saturated heterocycles. The molecule has 0 aliphatic carbocycles. The van der Waals surface area contributed by atoms with Crippen LogP contribution in [-0.2, 0) is 0 Å². The molecule has 0 saturated carbocycles. The van der Waals surface area contributed by atoms with Crippen LogP contribution >= 0.6 is 11.6 Å². The van der Waals surface area contributed by atoms with E-state index in [0.29, 0.717) is 22.1 Å². The number of nitrogens with zero attached hydrogens (tertiary/aromatic N) is 1. The minimum atomic E-state index is 0.160. The number of hydrogen-bond acceptors (Lipinski definition) is 4. The number of rotatable bonds is 2.